The average molecular weight is 286 g/mol. The number of nitrogens with zero attached hydrogens (tertiary/aromatic N) is 1. The summed E-state index contributed by atoms with van der Waals surface area (Å²) in [6, 6.07) is 3.52. The highest BCUT2D eigenvalue weighted by Crippen LogP contribution is 2.13. The minimum Gasteiger partial charge on any atom is -0.467 e. The van der Waals surface area contributed by atoms with Gasteiger partial charge in [0.05, 0.1) is 18.6 Å². The maximum atomic E-state index is 11.7. The number of hydrogen-bond acceptors (Lipinski definition) is 4. The molecule has 1 amide bonds. The van der Waals surface area contributed by atoms with Crippen LogP contribution in [0.5, 0.6) is 0 Å². The van der Waals surface area contributed by atoms with Crippen LogP contribution in [0, 0.1) is 0 Å². The summed E-state index contributed by atoms with van der Waals surface area (Å²) in [6.07, 6.45) is 3.30. The van der Waals surface area contributed by atoms with Gasteiger partial charge in [0.15, 0.2) is 0 Å². The monoisotopic (exact) mass is 286 g/mol. The third-order valence-electron chi connectivity index (χ3n) is 3.08. The molecule has 6 nitrogen and oxygen atoms in total. The van der Waals surface area contributed by atoms with Gasteiger partial charge >= 0.3 is 0 Å². The van der Waals surface area contributed by atoms with Gasteiger partial charge in [-0.25, -0.2) is 12.7 Å². The molecule has 2 rings (SSSR count). The highest BCUT2D eigenvalue weighted by atomic mass is 32.2. The predicted octanol–water partition coefficient (Wildman–Crippen LogP) is 0.712. The molecule has 19 heavy (non-hydrogen) atoms. The van der Waals surface area contributed by atoms with E-state index in [2.05, 4.69) is 5.32 Å². The number of hydrogen-bond donors (Lipinski definition) is 1. The number of nitrogens with one attached hydrogen (secondary N) is 1. The van der Waals surface area contributed by atoms with Gasteiger partial charge in [-0.3, -0.25) is 4.79 Å². The van der Waals surface area contributed by atoms with Gasteiger partial charge in [0.2, 0.25) is 15.9 Å². The Labute approximate surface area is 112 Å². The quantitative estimate of drug-likeness (QED) is 0.864. The number of rotatable bonds is 5. The minimum atomic E-state index is -3.14. The number of furan rings is 1. The van der Waals surface area contributed by atoms with E-state index in [1.54, 1.807) is 18.4 Å². The van der Waals surface area contributed by atoms with Crippen molar-refractivity contribution in [1.29, 1.82) is 0 Å². The van der Waals surface area contributed by atoms with Crippen LogP contribution in [-0.2, 0) is 21.4 Å². The molecule has 1 saturated heterocycles. The van der Waals surface area contributed by atoms with Crippen molar-refractivity contribution in [1.82, 2.24) is 9.62 Å². The van der Waals surface area contributed by atoms with E-state index in [0.29, 0.717) is 25.3 Å². The number of carbonyl (C=O) groups is 1. The Morgan fingerprint density at radius 3 is 2.95 bits per heavy atom. The molecule has 0 saturated carbocycles. The first-order chi connectivity index (χ1) is 9.08. The molecule has 1 fully saturated rings. The maximum Gasteiger partial charge on any atom is 0.221 e. The van der Waals surface area contributed by atoms with Crippen molar-refractivity contribution in [2.45, 2.75) is 25.8 Å². The number of amides is 1. The Kier molecular flexibility index (Phi) is 4.60. The van der Waals surface area contributed by atoms with Gasteiger partial charge in [-0.2, -0.15) is 0 Å². The summed E-state index contributed by atoms with van der Waals surface area (Å²) in [4.78, 5) is 11.6. The summed E-state index contributed by atoms with van der Waals surface area (Å²) in [7, 11) is -3.14. The first-order valence-corrected chi connectivity index (χ1v) is 7.96. The molecular weight excluding hydrogens is 268 g/mol. The van der Waals surface area contributed by atoms with Crippen molar-refractivity contribution in [3.8, 4) is 0 Å². The SMILES string of the molecule is O=C(CCN1CCCCS1(=O)=O)NCc1ccco1. The van der Waals surface area contributed by atoms with Crippen LogP contribution < -0.4 is 5.32 Å². The van der Waals surface area contributed by atoms with Gasteiger partial charge in [0.25, 0.3) is 0 Å². The van der Waals surface area contributed by atoms with Crippen molar-refractivity contribution in [2.75, 3.05) is 18.8 Å². The molecule has 0 atom stereocenters. The van der Waals surface area contributed by atoms with E-state index in [9.17, 15) is 13.2 Å². The maximum absolute atomic E-state index is 11.7. The molecule has 2 heterocycles. The zero-order valence-corrected chi connectivity index (χ0v) is 11.5. The van der Waals surface area contributed by atoms with E-state index in [-0.39, 0.29) is 24.6 Å². The van der Waals surface area contributed by atoms with E-state index in [0.717, 1.165) is 6.42 Å². The van der Waals surface area contributed by atoms with E-state index >= 15 is 0 Å². The number of carbonyl (C=O) groups excluding carboxylic acids is 1. The Morgan fingerprint density at radius 1 is 1.42 bits per heavy atom. The van der Waals surface area contributed by atoms with Gasteiger partial charge in [-0.05, 0) is 25.0 Å². The molecule has 1 N–H and O–H groups in total. The fourth-order valence-electron chi connectivity index (χ4n) is 2.01. The Hall–Kier alpha value is -1.34. The van der Waals surface area contributed by atoms with Crippen LogP contribution in [0.15, 0.2) is 22.8 Å². The Balaban J connectivity index is 1.74. The molecule has 0 radical (unpaired) electrons. The molecule has 1 aromatic heterocycles. The van der Waals surface area contributed by atoms with Crippen LogP contribution >= 0.6 is 0 Å². The lowest BCUT2D eigenvalue weighted by Crippen LogP contribution is -2.40. The zero-order valence-electron chi connectivity index (χ0n) is 10.7. The first kappa shape index (κ1) is 14.1. The highest BCUT2D eigenvalue weighted by Gasteiger charge is 2.25. The molecule has 1 aromatic rings. The van der Waals surface area contributed by atoms with Gasteiger partial charge in [0, 0.05) is 19.5 Å². The number of sulfonamides is 1. The van der Waals surface area contributed by atoms with Crippen LogP contribution in [0.3, 0.4) is 0 Å². The second kappa shape index (κ2) is 6.21. The Morgan fingerprint density at radius 2 is 2.26 bits per heavy atom. The van der Waals surface area contributed by atoms with Crippen LogP contribution in [-0.4, -0.2) is 37.5 Å². The highest BCUT2D eigenvalue weighted by molar-refractivity contribution is 7.89. The fourth-order valence-corrected chi connectivity index (χ4v) is 3.61. The lowest BCUT2D eigenvalue weighted by atomic mass is 10.3. The molecule has 106 valence electrons. The van der Waals surface area contributed by atoms with E-state index in [1.165, 1.54) is 4.31 Å². The van der Waals surface area contributed by atoms with Gasteiger partial charge in [-0.1, -0.05) is 0 Å². The van der Waals surface area contributed by atoms with Gasteiger partial charge < -0.3 is 9.73 Å². The molecule has 1 aliphatic heterocycles. The zero-order chi connectivity index (χ0) is 13.7. The second-order valence-electron chi connectivity index (χ2n) is 4.53. The lowest BCUT2D eigenvalue weighted by Gasteiger charge is -2.25. The smallest absolute Gasteiger partial charge is 0.221 e. The topological polar surface area (TPSA) is 79.6 Å². The lowest BCUT2D eigenvalue weighted by molar-refractivity contribution is -0.121. The normalized spacial score (nSPS) is 19.2. The molecule has 0 unspecified atom stereocenters. The summed E-state index contributed by atoms with van der Waals surface area (Å²) < 4.78 is 29.9. The van der Waals surface area contributed by atoms with Crippen LogP contribution in [0.25, 0.3) is 0 Å². The molecule has 0 aromatic carbocycles. The van der Waals surface area contributed by atoms with Crippen LogP contribution in [0.2, 0.25) is 0 Å². The third-order valence-corrected chi connectivity index (χ3v) is 5.04. The van der Waals surface area contributed by atoms with Crippen molar-refractivity contribution in [2.24, 2.45) is 0 Å². The first-order valence-electron chi connectivity index (χ1n) is 6.35. The molecule has 0 spiro atoms. The van der Waals surface area contributed by atoms with E-state index in [1.807, 2.05) is 0 Å². The standard InChI is InChI=1S/C12H18N2O4S/c15-12(13-10-11-4-3-8-18-11)5-7-14-6-1-2-9-19(14,16)17/h3-4,8H,1-2,5-7,9-10H2,(H,13,15). The van der Waals surface area contributed by atoms with Crippen LogP contribution in [0.1, 0.15) is 25.0 Å². The molecular formula is C12H18N2O4S. The second-order valence-corrected chi connectivity index (χ2v) is 6.62. The molecule has 0 bridgehead atoms. The predicted molar refractivity (Wildman–Crippen MR) is 69.8 cm³/mol. The molecule has 0 aliphatic carbocycles. The van der Waals surface area contributed by atoms with Crippen molar-refractivity contribution in [3.05, 3.63) is 24.2 Å². The summed E-state index contributed by atoms with van der Waals surface area (Å²) in [5, 5.41) is 2.70. The summed E-state index contributed by atoms with van der Waals surface area (Å²) >= 11 is 0. The summed E-state index contributed by atoms with van der Waals surface area (Å²) in [5.74, 6) is 0.706. The van der Waals surface area contributed by atoms with Crippen molar-refractivity contribution in [3.63, 3.8) is 0 Å². The fraction of sp³-hybridized carbons (Fsp3) is 0.583. The largest absolute Gasteiger partial charge is 0.467 e. The minimum absolute atomic E-state index is 0.169. The summed E-state index contributed by atoms with van der Waals surface area (Å²) in [6.45, 7) is 1.11. The van der Waals surface area contributed by atoms with Crippen LogP contribution in [0.4, 0.5) is 0 Å². The van der Waals surface area contributed by atoms with Gasteiger partial charge in [0.1, 0.15) is 5.76 Å². The molecule has 7 heteroatoms. The molecule has 1 aliphatic rings. The van der Waals surface area contributed by atoms with E-state index < -0.39 is 10.0 Å². The Bertz CT molecular complexity index is 510. The average Bonchev–Trinajstić information content (AvgIpc) is 2.87. The van der Waals surface area contributed by atoms with E-state index in [4.69, 9.17) is 4.42 Å². The van der Waals surface area contributed by atoms with Crippen molar-refractivity contribution >= 4 is 15.9 Å². The third kappa shape index (κ3) is 4.07. The summed E-state index contributed by atoms with van der Waals surface area (Å²) in [5.41, 5.74) is 0. The van der Waals surface area contributed by atoms with Crippen molar-refractivity contribution < 1.29 is 17.6 Å². The van der Waals surface area contributed by atoms with Gasteiger partial charge in [-0.15, -0.1) is 0 Å².